The molecule has 0 aliphatic carbocycles. The second kappa shape index (κ2) is 5.54. The summed E-state index contributed by atoms with van der Waals surface area (Å²) in [6, 6.07) is 14.0. The number of hydrogen-bond donors (Lipinski definition) is 1. The Morgan fingerprint density at radius 1 is 1.00 bits per heavy atom. The number of rotatable bonds is 4. The van der Waals surface area contributed by atoms with E-state index in [1.54, 1.807) is 36.4 Å². The molecule has 0 aliphatic rings. The van der Waals surface area contributed by atoms with Crippen LogP contribution in [0.5, 0.6) is 0 Å². The first kappa shape index (κ1) is 14.4. The number of sulfonamides is 1. The molecule has 0 amide bonds. The van der Waals surface area contributed by atoms with Crippen molar-refractivity contribution in [3.05, 3.63) is 54.1 Å². The molecule has 0 spiro atoms. The molecule has 0 aliphatic heterocycles. The first-order valence-electron chi connectivity index (χ1n) is 6.26. The van der Waals surface area contributed by atoms with Gasteiger partial charge in [-0.3, -0.25) is 4.72 Å². The van der Waals surface area contributed by atoms with Gasteiger partial charge in [-0.25, -0.2) is 8.42 Å². The fraction of sp³-hybridized carbons (Fsp3) is 0.200. The lowest BCUT2D eigenvalue weighted by Crippen LogP contribution is -2.17. The first-order valence-corrected chi connectivity index (χ1v) is 7.74. The summed E-state index contributed by atoms with van der Waals surface area (Å²) in [6.45, 7) is 1.97. The fourth-order valence-corrected chi connectivity index (χ4v) is 3.00. The van der Waals surface area contributed by atoms with Gasteiger partial charge in [0.1, 0.15) is 0 Å². The Morgan fingerprint density at radius 2 is 1.65 bits per heavy atom. The van der Waals surface area contributed by atoms with Crippen LogP contribution in [-0.4, -0.2) is 22.5 Å². The molecule has 0 radical (unpaired) electrons. The molecule has 0 saturated heterocycles. The standard InChI is InChI=1S/C15H18N2O2S/c1-12-9-10-14(15(11-12)17(2)3)16-20(18,19)13-7-5-4-6-8-13/h4-11,16H,1-3H3. The minimum atomic E-state index is -3.56. The molecule has 0 fully saturated rings. The van der Waals surface area contributed by atoms with Crippen molar-refractivity contribution in [1.82, 2.24) is 0 Å². The Morgan fingerprint density at radius 3 is 2.25 bits per heavy atom. The highest BCUT2D eigenvalue weighted by molar-refractivity contribution is 7.92. The Kier molecular flexibility index (Phi) is 3.99. The zero-order valence-electron chi connectivity index (χ0n) is 11.8. The molecule has 2 rings (SSSR count). The van der Waals surface area contributed by atoms with Crippen LogP contribution in [0.1, 0.15) is 5.56 Å². The van der Waals surface area contributed by atoms with Crippen LogP contribution in [-0.2, 0) is 10.0 Å². The van der Waals surface area contributed by atoms with E-state index < -0.39 is 10.0 Å². The first-order chi connectivity index (χ1) is 9.40. The van der Waals surface area contributed by atoms with Crippen LogP contribution in [0.25, 0.3) is 0 Å². The molecule has 106 valence electrons. The summed E-state index contributed by atoms with van der Waals surface area (Å²) >= 11 is 0. The van der Waals surface area contributed by atoms with E-state index in [2.05, 4.69) is 4.72 Å². The molecule has 4 nitrogen and oxygen atoms in total. The lowest BCUT2D eigenvalue weighted by Gasteiger charge is -2.19. The van der Waals surface area contributed by atoms with E-state index in [0.717, 1.165) is 11.3 Å². The zero-order valence-corrected chi connectivity index (χ0v) is 12.6. The minimum absolute atomic E-state index is 0.255. The van der Waals surface area contributed by atoms with Crippen LogP contribution >= 0.6 is 0 Å². The highest BCUT2D eigenvalue weighted by atomic mass is 32.2. The van der Waals surface area contributed by atoms with Gasteiger partial charge in [-0.15, -0.1) is 0 Å². The van der Waals surface area contributed by atoms with E-state index in [9.17, 15) is 8.42 Å². The molecule has 20 heavy (non-hydrogen) atoms. The topological polar surface area (TPSA) is 49.4 Å². The lowest BCUT2D eigenvalue weighted by atomic mass is 10.2. The number of nitrogens with zero attached hydrogens (tertiary/aromatic N) is 1. The largest absolute Gasteiger partial charge is 0.376 e. The molecule has 0 aromatic heterocycles. The van der Waals surface area contributed by atoms with Gasteiger partial charge >= 0.3 is 0 Å². The summed E-state index contributed by atoms with van der Waals surface area (Å²) in [5.74, 6) is 0. The number of aryl methyl sites for hydroxylation is 1. The van der Waals surface area contributed by atoms with Gasteiger partial charge in [0.15, 0.2) is 0 Å². The van der Waals surface area contributed by atoms with Gasteiger partial charge in [0.05, 0.1) is 16.3 Å². The van der Waals surface area contributed by atoms with Gasteiger partial charge in [0, 0.05) is 14.1 Å². The van der Waals surface area contributed by atoms with Gasteiger partial charge in [-0.2, -0.15) is 0 Å². The average molecular weight is 290 g/mol. The van der Waals surface area contributed by atoms with E-state index in [1.807, 2.05) is 38.1 Å². The fourth-order valence-electron chi connectivity index (χ4n) is 1.90. The number of anilines is 2. The quantitative estimate of drug-likeness (QED) is 0.942. The Hall–Kier alpha value is -2.01. The van der Waals surface area contributed by atoms with E-state index in [0.29, 0.717) is 5.69 Å². The normalized spacial score (nSPS) is 11.2. The summed E-state index contributed by atoms with van der Waals surface area (Å²) in [6.07, 6.45) is 0. The Bertz CT molecular complexity index is 695. The van der Waals surface area contributed by atoms with Crippen molar-refractivity contribution in [3.63, 3.8) is 0 Å². The van der Waals surface area contributed by atoms with Crippen molar-refractivity contribution in [2.24, 2.45) is 0 Å². The number of nitrogens with one attached hydrogen (secondary N) is 1. The van der Waals surface area contributed by atoms with Crippen LogP contribution in [0.15, 0.2) is 53.4 Å². The van der Waals surface area contributed by atoms with Gasteiger partial charge < -0.3 is 4.90 Å². The van der Waals surface area contributed by atoms with Crippen molar-refractivity contribution in [2.45, 2.75) is 11.8 Å². The summed E-state index contributed by atoms with van der Waals surface area (Å²) in [5.41, 5.74) is 2.49. The summed E-state index contributed by atoms with van der Waals surface area (Å²) < 4.78 is 27.3. The Balaban J connectivity index is 2.40. The maximum Gasteiger partial charge on any atom is 0.261 e. The molecule has 2 aromatic carbocycles. The predicted molar refractivity (Wildman–Crippen MR) is 82.8 cm³/mol. The van der Waals surface area contributed by atoms with Crippen LogP contribution in [0.4, 0.5) is 11.4 Å². The monoisotopic (exact) mass is 290 g/mol. The van der Waals surface area contributed by atoms with Crippen molar-refractivity contribution in [2.75, 3.05) is 23.7 Å². The predicted octanol–water partition coefficient (Wildman–Crippen LogP) is 2.86. The third-order valence-electron chi connectivity index (χ3n) is 2.93. The van der Waals surface area contributed by atoms with E-state index in [-0.39, 0.29) is 4.90 Å². The molecular formula is C15H18N2O2S. The molecule has 0 unspecified atom stereocenters. The van der Waals surface area contributed by atoms with Gasteiger partial charge in [0.2, 0.25) is 0 Å². The van der Waals surface area contributed by atoms with Gasteiger partial charge in [-0.05, 0) is 36.8 Å². The van der Waals surface area contributed by atoms with Gasteiger partial charge in [0.25, 0.3) is 10.0 Å². The third-order valence-corrected chi connectivity index (χ3v) is 4.31. The van der Waals surface area contributed by atoms with E-state index in [1.165, 1.54) is 0 Å². The highest BCUT2D eigenvalue weighted by Crippen LogP contribution is 2.27. The molecule has 0 bridgehead atoms. The van der Waals surface area contributed by atoms with E-state index in [4.69, 9.17) is 0 Å². The minimum Gasteiger partial charge on any atom is -0.376 e. The van der Waals surface area contributed by atoms with Crippen LogP contribution in [0.2, 0.25) is 0 Å². The number of benzene rings is 2. The van der Waals surface area contributed by atoms with Crippen molar-refractivity contribution in [1.29, 1.82) is 0 Å². The van der Waals surface area contributed by atoms with Crippen molar-refractivity contribution >= 4 is 21.4 Å². The molecule has 2 aromatic rings. The summed E-state index contributed by atoms with van der Waals surface area (Å²) in [4.78, 5) is 2.14. The second-order valence-electron chi connectivity index (χ2n) is 4.83. The SMILES string of the molecule is Cc1ccc(NS(=O)(=O)c2ccccc2)c(N(C)C)c1. The molecule has 0 heterocycles. The summed E-state index contributed by atoms with van der Waals surface area (Å²) in [5, 5.41) is 0. The number of hydrogen-bond acceptors (Lipinski definition) is 3. The molecular weight excluding hydrogens is 272 g/mol. The Labute approximate surface area is 120 Å². The highest BCUT2D eigenvalue weighted by Gasteiger charge is 2.16. The second-order valence-corrected chi connectivity index (χ2v) is 6.52. The maximum absolute atomic E-state index is 12.3. The lowest BCUT2D eigenvalue weighted by molar-refractivity contribution is 0.601. The van der Waals surface area contributed by atoms with Crippen LogP contribution in [0.3, 0.4) is 0 Å². The molecule has 0 atom stereocenters. The average Bonchev–Trinajstić information content (AvgIpc) is 2.41. The zero-order chi connectivity index (χ0) is 14.8. The molecule has 1 N–H and O–H groups in total. The smallest absolute Gasteiger partial charge is 0.261 e. The third kappa shape index (κ3) is 3.11. The van der Waals surface area contributed by atoms with E-state index >= 15 is 0 Å². The van der Waals surface area contributed by atoms with Crippen molar-refractivity contribution < 1.29 is 8.42 Å². The maximum atomic E-state index is 12.3. The van der Waals surface area contributed by atoms with Crippen LogP contribution in [0, 0.1) is 6.92 Å². The van der Waals surface area contributed by atoms with Gasteiger partial charge in [-0.1, -0.05) is 24.3 Å². The van der Waals surface area contributed by atoms with Crippen LogP contribution < -0.4 is 9.62 Å². The molecule has 5 heteroatoms. The molecule has 0 saturated carbocycles. The van der Waals surface area contributed by atoms with Crippen molar-refractivity contribution in [3.8, 4) is 0 Å². The summed E-state index contributed by atoms with van der Waals surface area (Å²) in [7, 11) is 0.209.